The maximum atomic E-state index is 14.3. The van der Waals surface area contributed by atoms with Gasteiger partial charge in [-0.25, -0.2) is 18.4 Å². The number of carboxylic acid groups (broad SMARTS) is 1. The molecule has 0 aliphatic carbocycles. The summed E-state index contributed by atoms with van der Waals surface area (Å²) >= 11 is 11.1. The first-order valence-corrected chi connectivity index (χ1v) is 13.1. The summed E-state index contributed by atoms with van der Waals surface area (Å²) in [6, 6.07) is 17.8. The summed E-state index contributed by atoms with van der Waals surface area (Å²) in [5.74, 6) is -2.13. The minimum Gasteiger partial charge on any atom is -0.478 e. The monoisotopic (exact) mass is 589 g/mol. The van der Waals surface area contributed by atoms with Gasteiger partial charge in [0.25, 0.3) is 0 Å². The lowest BCUT2D eigenvalue weighted by molar-refractivity contribution is 0.0698. The van der Waals surface area contributed by atoms with Crippen LogP contribution in [0.5, 0.6) is 0 Å². The zero-order valence-electron chi connectivity index (χ0n) is 22.6. The van der Waals surface area contributed by atoms with E-state index in [9.17, 15) is 28.7 Å². The lowest BCUT2D eigenvalue weighted by Gasteiger charge is -2.23. The van der Waals surface area contributed by atoms with Crippen LogP contribution in [0.2, 0.25) is 10.0 Å². The molecule has 6 nitrogen and oxygen atoms in total. The predicted molar refractivity (Wildman–Crippen MR) is 154 cm³/mol. The first-order valence-electron chi connectivity index (χ1n) is 12.3. The number of nitriles is 1. The van der Waals surface area contributed by atoms with Crippen LogP contribution in [0, 0.1) is 28.4 Å². The fourth-order valence-electron chi connectivity index (χ4n) is 3.64. The zero-order valence-corrected chi connectivity index (χ0v) is 24.2. The van der Waals surface area contributed by atoms with Gasteiger partial charge in [-0.1, -0.05) is 81.2 Å². The van der Waals surface area contributed by atoms with Crippen molar-refractivity contribution in [2.45, 2.75) is 39.5 Å². The molecule has 0 bridgehead atoms. The van der Waals surface area contributed by atoms with Crippen LogP contribution in [-0.4, -0.2) is 35.1 Å². The van der Waals surface area contributed by atoms with Crippen molar-refractivity contribution >= 4 is 40.9 Å². The summed E-state index contributed by atoms with van der Waals surface area (Å²) in [5.41, 5.74) is -0.378. The number of para-hydroxylation sites is 1. The highest BCUT2D eigenvalue weighted by atomic mass is 35.5. The normalized spacial score (nSPS) is 16.0. The van der Waals surface area contributed by atoms with Crippen molar-refractivity contribution < 1.29 is 23.5 Å². The van der Waals surface area contributed by atoms with Crippen molar-refractivity contribution in [3.8, 4) is 6.07 Å². The number of rotatable bonds is 3. The largest absolute Gasteiger partial charge is 0.478 e. The minimum atomic E-state index is -1.18. The molecule has 0 spiro atoms. The number of hydrogen-bond donors (Lipinski definition) is 2. The number of anilines is 1. The van der Waals surface area contributed by atoms with E-state index in [-0.39, 0.29) is 52.2 Å². The van der Waals surface area contributed by atoms with Gasteiger partial charge in [-0.15, -0.1) is 0 Å². The molecule has 1 aliphatic rings. The highest BCUT2D eigenvalue weighted by molar-refractivity contribution is 6.30. The number of nitrogens with one attached hydrogen (secondary N) is 1. The first-order chi connectivity index (χ1) is 18.7. The number of carbonyl (C=O) groups excluding carboxylic acids is 1. The molecule has 1 aliphatic heterocycles. The Bertz CT molecular complexity index is 1360. The molecule has 3 aromatic rings. The molecule has 1 heterocycles. The Morgan fingerprint density at radius 2 is 1.60 bits per heavy atom. The van der Waals surface area contributed by atoms with Gasteiger partial charge in [-0.2, -0.15) is 5.26 Å². The highest BCUT2D eigenvalue weighted by Crippen LogP contribution is 2.36. The number of amides is 2. The molecule has 40 heavy (non-hydrogen) atoms. The van der Waals surface area contributed by atoms with Crippen LogP contribution in [-0.2, 0) is 5.41 Å². The van der Waals surface area contributed by atoms with E-state index in [0.717, 1.165) is 6.07 Å². The van der Waals surface area contributed by atoms with Gasteiger partial charge in [-0.05, 0) is 48.2 Å². The van der Waals surface area contributed by atoms with Crippen molar-refractivity contribution in [2.24, 2.45) is 5.41 Å². The van der Waals surface area contributed by atoms with E-state index >= 15 is 0 Å². The first kappa shape index (κ1) is 32.5. The van der Waals surface area contributed by atoms with Crippen LogP contribution in [0.4, 0.5) is 19.3 Å². The molecule has 1 unspecified atom stereocenters. The SMILES string of the molecule is CC(C)(C)C.Fc1ccccc1Cl.N#CC1(c2ccc(Cl)cc2F)CCN(C(=O)Nc2ccccc2C(=O)O)C1. The van der Waals surface area contributed by atoms with Crippen LogP contribution in [0.15, 0.2) is 66.7 Å². The lowest BCUT2D eigenvalue weighted by atomic mass is 9.81. The van der Waals surface area contributed by atoms with Crippen molar-refractivity contribution in [1.29, 1.82) is 5.26 Å². The topological polar surface area (TPSA) is 93.4 Å². The van der Waals surface area contributed by atoms with E-state index in [1.54, 1.807) is 24.3 Å². The second kappa shape index (κ2) is 14.1. The second-order valence-electron chi connectivity index (χ2n) is 10.7. The molecule has 0 saturated carbocycles. The molecule has 3 aromatic carbocycles. The predicted octanol–water partition coefficient (Wildman–Crippen LogP) is 8.41. The van der Waals surface area contributed by atoms with E-state index in [1.807, 2.05) is 0 Å². The number of carbonyl (C=O) groups is 2. The standard InChI is InChI=1S/C19H15ClFN3O3.C6H4ClF.C5H12/c20-12-5-6-14(15(21)9-12)19(10-22)7-8-24(11-19)18(27)23-16-4-2-1-3-13(16)17(25)26;7-5-3-1-2-4-6(5)8;1-5(2,3)4/h1-6,9H,7-8,11H2,(H,23,27)(H,25,26);1-4H;1-4H3. The molecule has 0 radical (unpaired) electrons. The van der Waals surface area contributed by atoms with E-state index in [4.69, 9.17) is 23.2 Å². The third-order valence-corrected chi connectivity index (χ3v) is 5.98. The van der Waals surface area contributed by atoms with Crippen LogP contribution in [0.3, 0.4) is 0 Å². The molecule has 1 atom stereocenters. The molecule has 2 N–H and O–H groups in total. The van der Waals surface area contributed by atoms with Crippen LogP contribution in [0.25, 0.3) is 0 Å². The molecule has 212 valence electrons. The molecule has 4 rings (SSSR count). The molecule has 1 fully saturated rings. The molecule has 10 heteroatoms. The van der Waals surface area contributed by atoms with E-state index in [0.29, 0.717) is 5.41 Å². The number of hydrogen-bond acceptors (Lipinski definition) is 3. The fraction of sp³-hybridized carbons (Fsp3) is 0.300. The summed E-state index contributed by atoms with van der Waals surface area (Å²) in [7, 11) is 0. The number of halogens is 4. The Kier molecular flexibility index (Phi) is 11.5. The van der Waals surface area contributed by atoms with Crippen molar-refractivity contribution in [2.75, 3.05) is 18.4 Å². The van der Waals surface area contributed by atoms with Gasteiger partial charge in [0, 0.05) is 23.7 Å². The van der Waals surface area contributed by atoms with Crippen molar-refractivity contribution in [3.63, 3.8) is 0 Å². The van der Waals surface area contributed by atoms with Gasteiger partial charge in [0.2, 0.25) is 0 Å². The summed E-state index contributed by atoms with van der Waals surface area (Å²) in [6.45, 7) is 8.97. The Morgan fingerprint density at radius 3 is 2.12 bits per heavy atom. The minimum absolute atomic E-state index is 0.0108. The maximum absolute atomic E-state index is 14.3. The van der Waals surface area contributed by atoms with Gasteiger partial charge in [0.05, 0.1) is 22.3 Å². The van der Waals surface area contributed by atoms with Crippen LogP contribution < -0.4 is 5.32 Å². The maximum Gasteiger partial charge on any atom is 0.337 e. The van der Waals surface area contributed by atoms with E-state index in [2.05, 4.69) is 39.1 Å². The second-order valence-corrected chi connectivity index (χ2v) is 11.5. The number of aromatic carboxylic acids is 1. The van der Waals surface area contributed by atoms with Crippen LogP contribution in [0.1, 0.15) is 50.0 Å². The fourth-order valence-corrected chi connectivity index (χ4v) is 3.94. The summed E-state index contributed by atoms with van der Waals surface area (Å²) in [5, 5.41) is 21.8. The lowest BCUT2D eigenvalue weighted by Crippen LogP contribution is -2.37. The summed E-state index contributed by atoms with van der Waals surface area (Å²) in [6.07, 6.45) is 0.260. The molecule has 2 amide bonds. The van der Waals surface area contributed by atoms with E-state index in [1.165, 1.54) is 41.3 Å². The average molecular weight is 590 g/mol. The van der Waals surface area contributed by atoms with Gasteiger partial charge in [0.1, 0.15) is 17.0 Å². The Labute approximate surface area is 243 Å². The third-order valence-electron chi connectivity index (χ3n) is 5.44. The third kappa shape index (κ3) is 9.51. The van der Waals surface area contributed by atoms with Crippen molar-refractivity contribution in [1.82, 2.24) is 4.90 Å². The Balaban J connectivity index is 0.000000355. The highest BCUT2D eigenvalue weighted by Gasteiger charge is 2.43. The Hall–Kier alpha value is -3.67. The summed E-state index contributed by atoms with van der Waals surface area (Å²) in [4.78, 5) is 25.2. The summed E-state index contributed by atoms with van der Waals surface area (Å²) < 4.78 is 26.5. The van der Waals surface area contributed by atoms with E-state index < -0.39 is 23.2 Å². The molecule has 0 aromatic heterocycles. The molecular weight excluding hydrogens is 559 g/mol. The van der Waals surface area contributed by atoms with Gasteiger partial charge < -0.3 is 15.3 Å². The number of likely N-dealkylation sites (tertiary alicyclic amines) is 1. The number of carboxylic acids is 1. The van der Waals surface area contributed by atoms with Gasteiger partial charge in [0.15, 0.2) is 0 Å². The number of urea groups is 1. The number of nitrogens with zero attached hydrogens (tertiary/aromatic N) is 2. The average Bonchev–Trinajstić information content (AvgIpc) is 3.31. The number of benzene rings is 3. The molecular formula is C30H31Cl2F2N3O3. The van der Waals surface area contributed by atoms with Gasteiger partial charge in [-0.3, -0.25) is 0 Å². The zero-order chi connectivity index (χ0) is 30.1. The van der Waals surface area contributed by atoms with Gasteiger partial charge >= 0.3 is 12.0 Å². The smallest absolute Gasteiger partial charge is 0.337 e. The van der Waals surface area contributed by atoms with Crippen molar-refractivity contribution in [3.05, 3.63) is 99.5 Å². The Morgan fingerprint density at radius 1 is 1.00 bits per heavy atom. The quantitative estimate of drug-likeness (QED) is 0.320. The molecule has 1 saturated heterocycles. The van der Waals surface area contributed by atoms with Crippen LogP contribution >= 0.6 is 23.2 Å².